The lowest BCUT2D eigenvalue weighted by Crippen LogP contribution is -2.05. The number of rotatable bonds is 3. The van der Waals surface area contributed by atoms with E-state index in [0.717, 1.165) is 10.0 Å². The Morgan fingerprint density at radius 3 is 2.68 bits per heavy atom. The van der Waals surface area contributed by atoms with Crippen LogP contribution in [0.3, 0.4) is 0 Å². The standard InChI is InChI=1S/C15H11BrClFO/c1-9-6-10(2-5-14(9)17)15(19)8-11-7-12(18)3-4-13(11)16/h2-7H,8H2,1H3. The van der Waals surface area contributed by atoms with Crippen LogP contribution in [0, 0.1) is 12.7 Å². The van der Waals surface area contributed by atoms with Crippen molar-refractivity contribution in [2.45, 2.75) is 13.3 Å². The van der Waals surface area contributed by atoms with Crippen molar-refractivity contribution >= 4 is 33.3 Å². The van der Waals surface area contributed by atoms with Gasteiger partial charge in [-0.15, -0.1) is 0 Å². The molecule has 0 bridgehead atoms. The molecule has 19 heavy (non-hydrogen) atoms. The Kier molecular flexibility index (Phi) is 4.38. The van der Waals surface area contributed by atoms with Crippen molar-refractivity contribution < 1.29 is 9.18 Å². The highest BCUT2D eigenvalue weighted by atomic mass is 79.9. The predicted octanol–water partition coefficient (Wildman–Crippen LogP) is 4.98. The van der Waals surface area contributed by atoms with E-state index in [1.165, 1.54) is 12.1 Å². The van der Waals surface area contributed by atoms with Crippen LogP contribution >= 0.6 is 27.5 Å². The maximum Gasteiger partial charge on any atom is 0.167 e. The first-order valence-corrected chi connectivity index (χ1v) is 6.88. The lowest BCUT2D eigenvalue weighted by molar-refractivity contribution is 0.0992. The van der Waals surface area contributed by atoms with Gasteiger partial charge in [-0.25, -0.2) is 4.39 Å². The fraction of sp³-hybridized carbons (Fsp3) is 0.133. The minimum Gasteiger partial charge on any atom is -0.294 e. The number of hydrogen-bond acceptors (Lipinski definition) is 1. The molecule has 0 atom stereocenters. The fourth-order valence-corrected chi connectivity index (χ4v) is 2.28. The smallest absolute Gasteiger partial charge is 0.167 e. The van der Waals surface area contributed by atoms with Gasteiger partial charge in [-0.3, -0.25) is 4.79 Å². The quantitative estimate of drug-likeness (QED) is 0.720. The highest BCUT2D eigenvalue weighted by Gasteiger charge is 2.11. The lowest BCUT2D eigenvalue weighted by atomic mass is 10.0. The second-order valence-electron chi connectivity index (χ2n) is 4.30. The number of carbonyl (C=O) groups excluding carboxylic acids is 1. The third-order valence-electron chi connectivity index (χ3n) is 2.84. The van der Waals surface area contributed by atoms with Gasteiger partial charge in [-0.1, -0.05) is 27.5 Å². The highest BCUT2D eigenvalue weighted by Crippen LogP contribution is 2.21. The van der Waals surface area contributed by atoms with Gasteiger partial charge in [0.1, 0.15) is 5.82 Å². The van der Waals surface area contributed by atoms with Gasteiger partial charge in [-0.05, 0) is 54.4 Å². The zero-order valence-electron chi connectivity index (χ0n) is 10.2. The van der Waals surface area contributed by atoms with E-state index < -0.39 is 0 Å². The third-order valence-corrected chi connectivity index (χ3v) is 4.04. The summed E-state index contributed by atoms with van der Waals surface area (Å²) < 4.78 is 13.9. The molecule has 0 amide bonds. The number of aryl methyl sites for hydroxylation is 1. The number of Topliss-reactive ketones (excluding diaryl/α,β-unsaturated/α-hetero) is 1. The minimum atomic E-state index is -0.349. The first-order chi connectivity index (χ1) is 8.97. The molecule has 2 rings (SSSR count). The van der Waals surface area contributed by atoms with Crippen LogP contribution in [0.1, 0.15) is 21.5 Å². The summed E-state index contributed by atoms with van der Waals surface area (Å²) in [5.74, 6) is -0.413. The Morgan fingerprint density at radius 2 is 2.00 bits per heavy atom. The average molecular weight is 342 g/mol. The van der Waals surface area contributed by atoms with Crippen LogP contribution in [0.4, 0.5) is 4.39 Å². The number of hydrogen-bond donors (Lipinski definition) is 0. The van der Waals surface area contributed by atoms with Gasteiger partial charge in [0, 0.05) is 21.5 Å². The first-order valence-electron chi connectivity index (χ1n) is 5.70. The molecular formula is C15H11BrClFO. The lowest BCUT2D eigenvalue weighted by Gasteiger charge is -2.06. The number of carbonyl (C=O) groups is 1. The molecule has 0 radical (unpaired) electrons. The Balaban J connectivity index is 2.25. The van der Waals surface area contributed by atoms with Gasteiger partial charge in [0.05, 0.1) is 0 Å². The average Bonchev–Trinajstić information content (AvgIpc) is 2.37. The highest BCUT2D eigenvalue weighted by molar-refractivity contribution is 9.10. The van der Waals surface area contributed by atoms with Crippen molar-refractivity contribution in [1.82, 2.24) is 0 Å². The van der Waals surface area contributed by atoms with Gasteiger partial charge in [0.25, 0.3) is 0 Å². The molecule has 0 spiro atoms. The third kappa shape index (κ3) is 3.43. The second-order valence-corrected chi connectivity index (χ2v) is 5.56. The van der Waals surface area contributed by atoms with Gasteiger partial charge < -0.3 is 0 Å². The van der Waals surface area contributed by atoms with E-state index in [9.17, 15) is 9.18 Å². The topological polar surface area (TPSA) is 17.1 Å². The summed E-state index contributed by atoms with van der Waals surface area (Å²) in [6, 6.07) is 9.45. The minimum absolute atomic E-state index is 0.0638. The van der Waals surface area contributed by atoms with E-state index in [0.29, 0.717) is 16.1 Å². The Morgan fingerprint density at radius 1 is 1.26 bits per heavy atom. The maximum absolute atomic E-state index is 13.2. The van der Waals surface area contributed by atoms with E-state index >= 15 is 0 Å². The van der Waals surface area contributed by atoms with Crippen molar-refractivity contribution in [2.75, 3.05) is 0 Å². The summed E-state index contributed by atoms with van der Waals surface area (Å²) in [5.41, 5.74) is 2.07. The van der Waals surface area contributed by atoms with Crippen molar-refractivity contribution in [3.8, 4) is 0 Å². The summed E-state index contributed by atoms with van der Waals surface area (Å²) in [6.07, 6.45) is 0.152. The Hall–Kier alpha value is -1.19. The molecule has 98 valence electrons. The molecule has 4 heteroatoms. The Labute approximate surface area is 124 Å². The maximum atomic E-state index is 13.2. The molecule has 2 aromatic rings. The summed E-state index contributed by atoms with van der Waals surface area (Å²) in [6.45, 7) is 1.84. The molecule has 0 saturated heterocycles. The van der Waals surface area contributed by atoms with E-state index in [-0.39, 0.29) is 18.0 Å². The molecule has 0 N–H and O–H groups in total. The Bertz CT molecular complexity index is 640. The molecule has 0 fully saturated rings. The zero-order chi connectivity index (χ0) is 14.0. The van der Waals surface area contributed by atoms with Crippen molar-refractivity contribution in [2.24, 2.45) is 0 Å². The molecule has 0 aliphatic carbocycles. The van der Waals surface area contributed by atoms with Crippen molar-refractivity contribution in [3.05, 3.63) is 68.4 Å². The number of ketones is 1. The van der Waals surface area contributed by atoms with Crippen molar-refractivity contribution in [3.63, 3.8) is 0 Å². The van der Waals surface area contributed by atoms with E-state index in [1.54, 1.807) is 24.3 Å². The summed E-state index contributed by atoms with van der Waals surface area (Å²) in [5, 5.41) is 0.628. The predicted molar refractivity (Wildman–Crippen MR) is 78.3 cm³/mol. The molecule has 0 aliphatic rings. The second kappa shape index (κ2) is 5.85. The molecule has 0 heterocycles. The normalized spacial score (nSPS) is 10.5. The first kappa shape index (κ1) is 14.2. The van der Waals surface area contributed by atoms with Crippen LogP contribution in [0.25, 0.3) is 0 Å². The zero-order valence-corrected chi connectivity index (χ0v) is 12.6. The molecule has 1 nitrogen and oxygen atoms in total. The molecule has 2 aromatic carbocycles. The monoisotopic (exact) mass is 340 g/mol. The number of halogens is 3. The van der Waals surface area contributed by atoms with Crippen LogP contribution in [0.15, 0.2) is 40.9 Å². The van der Waals surface area contributed by atoms with Gasteiger partial charge in [0.15, 0.2) is 5.78 Å². The summed E-state index contributed by atoms with van der Waals surface area (Å²) in [7, 11) is 0. The van der Waals surface area contributed by atoms with E-state index in [1.807, 2.05) is 6.92 Å². The van der Waals surface area contributed by atoms with Crippen LogP contribution < -0.4 is 0 Å². The number of benzene rings is 2. The largest absolute Gasteiger partial charge is 0.294 e. The van der Waals surface area contributed by atoms with Gasteiger partial charge in [0.2, 0.25) is 0 Å². The SMILES string of the molecule is Cc1cc(C(=O)Cc2cc(F)ccc2Br)ccc1Cl. The van der Waals surface area contributed by atoms with E-state index in [2.05, 4.69) is 15.9 Å². The summed E-state index contributed by atoms with van der Waals surface area (Å²) in [4.78, 5) is 12.2. The van der Waals surface area contributed by atoms with Crippen LogP contribution in [-0.4, -0.2) is 5.78 Å². The molecule has 0 saturated carbocycles. The van der Waals surface area contributed by atoms with Crippen LogP contribution in [0.2, 0.25) is 5.02 Å². The molecular weight excluding hydrogens is 331 g/mol. The summed E-state index contributed by atoms with van der Waals surface area (Å²) >= 11 is 9.24. The van der Waals surface area contributed by atoms with Crippen LogP contribution in [0.5, 0.6) is 0 Å². The molecule has 0 aliphatic heterocycles. The van der Waals surface area contributed by atoms with Crippen molar-refractivity contribution in [1.29, 1.82) is 0 Å². The fourth-order valence-electron chi connectivity index (χ4n) is 1.77. The van der Waals surface area contributed by atoms with Gasteiger partial charge >= 0.3 is 0 Å². The van der Waals surface area contributed by atoms with Gasteiger partial charge in [-0.2, -0.15) is 0 Å². The van der Waals surface area contributed by atoms with Crippen LogP contribution in [-0.2, 0) is 6.42 Å². The molecule has 0 unspecified atom stereocenters. The van der Waals surface area contributed by atoms with E-state index in [4.69, 9.17) is 11.6 Å². The molecule has 0 aromatic heterocycles.